The van der Waals surface area contributed by atoms with Crippen LogP contribution in [-0.4, -0.2) is 41.2 Å². The first-order valence-electron chi connectivity index (χ1n) is 6.39. The molecule has 1 unspecified atom stereocenters. The molecule has 2 heterocycles. The van der Waals surface area contributed by atoms with E-state index < -0.39 is 0 Å². The average molecular weight is 277 g/mol. The van der Waals surface area contributed by atoms with Gasteiger partial charge < -0.3 is 14.8 Å². The van der Waals surface area contributed by atoms with Gasteiger partial charge in [-0.2, -0.15) is 5.10 Å². The lowest BCUT2D eigenvalue weighted by molar-refractivity contribution is 0.388. The number of hydrogen-bond donors (Lipinski definition) is 1. The van der Waals surface area contributed by atoms with Crippen molar-refractivity contribution < 1.29 is 9.47 Å². The van der Waals surface area contributed by atoms with E-state index in [0.717, 1.165) is 23.7 Å². The molecule has 0 aliphatic rings. The molecule has 0 aliphatic heterocycles. The topological polar surface area (TPSA) is 74.1 Å². The molecule has 7 heteroatoms. The molecule has 0 saturated heterocycles. The van der Waals surface area contributed by atoms with Crippen LogP contribution in [0.25, 0.3) is 0 Å². The maximum atomic E-state index is 5.38. The second-order valence-electron chi connectivity index (χ2n) is 4.14. The molecule has 0 saturated carbocycles. The molecule has 0 radical (unpaired) electrons. The Kier molecular flexibility index (Phi) is 4.52. The first-order valence-corrected chi connectivity index (χ1v) is 6.39. The largest absolute Gasteiger partial charge is 0.493 e. The van der Waals surface area contributed by atoms with Gasteiger partial charge >= 0.3 is 0 Å². The molecule has 0 aliphatic carbocycles. The Morgan fingerprint density at radius 1 is 1.25 bits per heavy atom. The zero-order chi connectivity index (χ0) is 14.5. The zero-order valence-electron chi connectivity index (χ0n) is 12.1. The van der Waals surface area contributed by atoms with E-state index in [9.17, 15) is 0 Å². The first-order chi connectivity index (χ1) is 9.74. The minimum absolute atomic E-state index is 0.147. The lowest BCUT2D eigenvalue weighted by Crippen LogP contribution is -2.23. The van der Waals surface area contributed by atoms with Crippen LogP contribution in [0.3, 0.4) is 0 Å². The highest BCUT2D eigenvalue weighted by molar-refractivity contribution is 5.34. The summed E-state index contributed by atoms with van der Waals surface area (Å²) in [4.78, 5) is 0. The Labute approximate surface area is 117 Å². The van der Waals surface area contributed by atoms with Gasteiger partial charge in [0.1, 0.15) is 5.69 Å². The molecule has 2 aromatic heterocycles. The summed E-state index contributed by atoms with van der Waals surface area (Å²) in [5.41, 5.74) is 1.71. The summed E-state index contributed by atoms with van der Waals surface area (Å²) < 4.78 is 12.3. The van der Waals surface area contributed by atoms with Crippen molar-refractivity contribution in [1.82, 2.24) is 25.3 Å². The van der Waals surface area contributed by atoms with Crippen molar-refractivity contribution in [3.05, 3.63) is 29.7 Å². The molecule has 1 N–H and O–H groups in total. The van der Waals surface area contributed by atoms with Crippen molar-refractivity contribution in [2.45, 2.75) is 19.5 Å². The molecule has 1 atom stereocenters. The van der Waals surface area contributed by atoms with Crippen LogP contribution in [0.1, 0.15) is 24.4 Å². The van der Waals surface area contributed by atoms with E-state index >= 15 is 0 Å². The van der Waals surface area contributed by atoms with Gasteiger partial charge in [0.05, 0.1) is 32.2 Å². The summed E-state index contributed by atoms with van der Waals surface area (Å²) in [5.74, 6) is 1.21. The molecule has 7 nitrogen and oxygen atoms in total. The van der Waals surface area contributed by atoms with Crippen molar-refractivity contribution in [3.63, 3.8) is 0 Å². The van der Waals surface area contributed by atoms with Crippen molar-refractivity contribution in [1.29, 1.82) is 0 Å². The first kappa shape index (κ1) is 14.3. The number of methoxy groups -OCH3 is 2. The van der Waals surface area contributed by atoms with E-state index in [1.807, 2.05) is 24.7 Å². The van der Waals surface area contributed by atoms with Gasteiger partial charge in [0, 0.05) is 12.6 Å². The third kappa shape index (κ3) is 2.57. The normalized spacial score (nSPS) is 12.2. The lowest BCUT2D eigenvalue weighted by Gasteiger charge is -2.18. The molecular formula is C13H19N5O2. The zero-order valence-corrected chi connectivity index (χ0v) is 12.1. The Morgan fingerprint density at radius 2 is 2.05 bits per heavy atom. The van der Waals surface area contributed by atoms with E-state index in [0.29, 0.717) is 5.88 Å². The number of hydrogen-bond acceptors (Lipinski definition) is 6. The molecule has 0 fully saturated rings. The second kappa shape index (κ2) is 6.33. The van der Waals surface area contributed by atoms with Crippen LogP contribution >= 0.6 is 0 Å². The molecule has 2 rings (SSSR count). The number of aryl methyl sites for hydroxylation is 1. The highest BCUT2D eigenvalue weighted by Crippen LogP contribution is 2.28. The van der Waals surface area contributed by atoms with Crippen LogP contribution in [0.15, 0.2) is 18.3 Å². The van der Waals surface area contributed by atoms with Crippen molar-refractivity contribution in [2.75, 3.05) is 21.3 Å². The molecule has 20 heavy (non-hydrogen) atoms. The number of aromatic nitrogens is 4. The Morgan fingerprint density at radius 3 is 2.55 bits per heavy atom. The summed E-state index contributed by atoms with van der Waals surface area (Å²) in [6, 6.07) is 3.51. The van der Waals surface area contributed by atoms with E-state index in [2.05, 4.69) is 20.6 Å². The summed E-state index contributed by atoms with van der Waals surface area (Å²) in [6.07, 6.45) is 1.71. The van der Waals surface area contributed by atoms with Gasteiger partial charge in [-0.3, -0.25) is 4.68 Å². The molecule has 108 valence electrons. The highest BCUT2D eigenvalue weighted by atomic mass is 16.5. The predicted octanol–water partition coefficient (Wildman–Crippen LogP) is 1.02. The Hall–Kier alpha value is -2.15. The van der Waals surface area contributed by atoms with Gasteiger partial charge in [0.25, 0.3) is 0 Å². The minimum Gasteiger partial charge on any atom is -0.493 e. The van der Waals surface area contributed by atoms with Gasteiger partial charge in [-0.1, -0.05) is 0 Å². The lowest BCUT2D eigenvalue weighted by atomic mass is 10.1. The summed E-state index contributed by atoms with van der Waals surface area (Å²) in [7, 11) is 5.06. The Bertz CT molecular complexity index is 531. The number of nitrogens with zero attached hydrogens (tertiary/aromatic N) is 4. The third-order valence-corrected chi connectivity index (χ3v) is 3.09. The maximum Gasteiger partial charge on any atom is 0.233 e. The van der Waals surface area contributed by atoms with Crippen LogP contribution in [0.2, 0.25) is 0 Å². The standard InChI is InChI=1S/C13H19N5O2/c1-5-18-13(10(19-3)8-15-18)12(14-2)9-6-7-11(20-4)17-16-9/h6-8,12,14H,5H2,1-4H3. The van der Waals surface area contributed by atoms with Crippen LogP contribution in [0.5, 0.6) is 11.6 Å². The van der Waals surface area contributed by atoms with Gasteiger partial charge in [-0.15, -0.1) is 10.2 Å². The molecule has 0 amide bonds. The van der Waals surface area contributed by atoms with Crippen LogP contribution in [0, 0.1) is 0 Å². The average Bonchev–Trinajstić information content (AvgIpc) is 2.91. The maximum absolute atomic E-state index is 5.38. The number of nitrogens with one attached hydrogen (secondary N) is 1. The van der Waals surface area contributed by atoms with Crippen LogP contribution in [-0.2, 0) is 6.54 Å². The van der Waals surface area contributed by atoms with E-state index in [4.69, 9.17) is 9.47 Å². The molecule has 0 spiro atoms. The monoisotopic (exact) mass is 277 g/mol. The van der Waals surface area contributed by atoms with Crippen LogP contribution < -0.4 is 14.8 Å². The van der Waals surface area contributed by atoms with Gasteiger partial charge in [0.15, 0.2) is 5.75 Å². The molecule has 0 aromatic carbocycles. The van der Waals surface area contributed by atoms with Crippen molar-refractivity contribution >= 4 is 0 Å². The third-order valence-electron chi connectivity index (χ3n) is 3.09. The fraction of sp³-hybridized carbons (Fsp3) is 0.462. The molecular weight excluding hydrogens is 258 g/mol. The highest BCUT2D eigenvalue weighted by Gasteiger charge is 2.23. The Balaban J connectivity index is 2.42. The summed E-state index contributed by atoms with van der Waals surface area (Å²) in [6.45, 7) is 2.78. The molecule has 0 bridgehead atoms. The van der Waals surface area contributed by atoms with Gasteiger partial charge in [-0.25, -0.2) is 0 Å². The van der Waals surface area contributed by atoms with E-state index in [1.54, 1.807) is 26.5 Å². The fourth-order valence-corrected chi connectivity index (χ4v) is 2.10. The minimum atomic E-state index is -0.147. The number of rotatable bonds is 6. The number of ether oxygens (including phenoxy) is 2. The smallest absolute Gasteiger partial charge is 0.233 e. The van der Waals surface area contributed by atoms with Crippen molar-refractivity contribution in [3.8, 4) is 11.6 Å². The fourth-order valence-electron chi connectivity index (χ4n) is 2.10. The molecule has 2 aromatic rings. The van der Waals surface area contributed by atoms with E-state index in [-0.39, 0.29) is 6.04 Å². The second-order valence-corrected chi connectivity index (χ2v) is 4.14. The SMILES string of the molecule is CCn1ncc(OC)c1C(NC)c1ccc(OC)nn1. The van der Waals surface area contributed by atoms with Crippen molar-refractivity contribution in [2.24, 2.45) is 0 Å². The quantitative estimate of drug-likeness (QED) is 0.849. The van der Waals surface area contributed by atoms with E-state index in [1.165, 1.54) is 0 Å². The van der Waals surface area contributed by atoms with Gasteiger partial charge in [-0.05, 0) is 20.0 Å². The van der Waals surface area contributed by atoms with Crippen LogP contribution in [0.4, 0.5) is 0 Å². The summed E-state index contributed by atoms with van der Waals surface area (Å²) in [5, 5.41) is 15.7. The van der Waals surface area contributed by atoms with Gasteiger partial charge in [0.2, 0.25) is 5.88 Å². The summed E-state index contributed by atoms with van der Waals surface area (Å²) >= 11 is 0. The predicted molar refractivity (Wildman–Crippen MR) is 73.9 cm³/mol.